The zero-order valence-corrected chi connectivity index (χ0v) is 23.1. The predicted octanol–water partition coefficient (Wildman–Crippen LogP) is 4.23. The maximum Gasteiger partial charge on any atom is 0.407 e. The van der Waals surface area contributed by atoms with Gasteiger partial charge >= 0.3 is 6.09 Å². The Hall–Kier alpha value is -5.00. The number of amides is 2. The van der Waals surface area contributed by atoms with Crippen LogP contribution >= 0.6 is 0 Å². The highest BCUT2D eigenvalue weighted by molar-refractivity contribution is 6.04. The van der Waals surface area contributed by atoms with Gasteiger partial charge in [0, 0.05) is 49.4 Å². The number of nitrogens with zero attached hydrogens (tertiary/aromatic N) is 3. The summed E-state index contributed by atoms with van der Waals surface area (Å²) in [6, 6.07) is 13.0. The zero-order valence-electron chi connectivity index (χ0n) is 23.1. The molecule has 0 saturated heterocycles. The van der Waals surface area contributed by atoms with Gasteiger partial charge in [-0.25, -0.2) is 9.78 Å². The molecule has 0 unspecified atom stereocenters. The van der Waals surface area contributed by atoms with Crippen LogP contribution in [0.25, 0.3) is 5.65 Å². The molecule has 210 valence electrons. The van der Waals surface area contributed by atoms with Crippen molar-refractivity contribution >= 4 is 35.1 Å². The molecule has 12 nitrogen and oxygen atoms in total. The van der Waals surface area contributed by atoms with Crippen molar-refractivity contribution in [3.05, 3.63) is 71.5 Å². The summed E-state index contributed by atoms with van der Waals surface area (Å²) in [7, 11) is 3.10. The molecule has 4 rings (SSSR count). The number of alkyl carbamates (subject to hydrolysis) is 1. The first kappa shape index (κ1) is 28.0. The lowest BCUT2D eigenvalue weighted by atomic mass is 10.1. The van der Waals surface area contributed by atoms with Gasteiger partial charge < -0.3 is 35.9 Å². The van der Waals surface area contributed by atoms with Gasteiger partial charge in [-0.2, -0.15) is 4.98 Å². The van der Waals surface area contributed by atoms with Crippen LogP contribution in [0.4, 0.5) is 22.2 Å². The Morgan fingerprint density at radius 1 is 0.975 bits per heavy atom. The van der Waals surface area contributed by atoms with Crippen LogP contribution in [0.2, 0.25) is 0 Å². The minimum Gasteiger partial charge on any atom is -0.497 e. The average molecular weight is 548 g/mol. The molecule has 2 amide bonds. The quantitative estimate of drug-likeness (QED) is 0.228. The molecule has 12 heteroatoms. The third kappa shape index (κ3) is 6.90. The van der Waals surface area contributed by atoms with Crippen molar-refractivity contribution in [2.45, 2.75) is 39.5 Å². The molecule has 2 aromatic heterocycles. The number of imidazole rings is 1. The number of carbonyl (C=O) groups excluding carboxylic acids is 2. The Morgan fingerprint density at radius 3 is 2.17 bits per heavy atom. The summed E-state index contributed by atoms with van der Waals surface area (Å²) < 4.78 is 17.6. The number of nitrogens with one attached hydrogen (secondary N) is 3. The van der Waals surface area contributed by atoms with Gasteiger partial charge in [-0.3, -0.25) is 9.20 Å². The number of methoxy groups -OCH3 is 2. The van der Waals surface area contributed by atoms with Gasteiger partial charge in [-0.15, -0.1) is 0 Å². The molecular weight excluding hydrogens is 514 g/mol. The molecule has 0 atom stereocenters. The first-order valence-electron chi connectivity index (χ1n) is 12.5. The van der Waals surface area contributed by atoms with Crippen LogP contribution < -0.4 is 31.2 Å². The molecule has 0 aliphatic heterocycles. The molecule has 2 heterocycles. The fourth-order valence-corrected chi connectivity index (χ4v) is 3.88. The number of carbonyl (C=O) groups is 2. The topological polar surface area (TPSA) is 154 Å². The summed E-state index contributed by atoms with van der Waals surface area (Å²) in [6.07, 6.45) is 2.80. The van der Waals surface area contributed by atoms with Gasteiger partial charge in [-0.1, -0.05) is 24.3 Å². The highest BCUT2D eigenvalue weighted by atomic mass is 16.6. The van der Waals surface area contributed by atoms with Crippen LogP contribution in [0, 0.1) is 0 Å². The van der Waals surface area contributed by atoms with Gasteiger partial charge in [0.2, 0.25) is 5.95 Å². The maximum atomic E-state index is 12.4. The number of benzene rings is 2. The van der Waals surface area contributed by atoms with E-state index in [4.69, 9.17) is 19.9 Å². The molecule has 4 aromatic rings. The Morgan fingerprint density at radius 2 is 1.60 bits per heavy atom. The molecular formula is C28H33N7O5. The minimum atomic E-state index is -0.678. The fourth-order valence-electron chi connectivity index (χ4n) is 3.88. The second kappa shape index (κ2) is 11.8. The summed E-state index contributed by atoms with van der Waals surface area (Å²) in [6.45, 7) is 6.23. The maximum absolute atomic E-state index is 12.4. The van der Waals surface area contributed by atoms with Crippen LogP contribution in [0.3, 0.4) is 0 Å². The molecule has 0 aliphatic carbocycles. The SMILES string of the molecule is COc1cc(Nc2nc(NCc3ccc(CNC(=O)OC(C)(C)C)cc3)n3ccnc3c2C(N)=O)cc(OC)c1. The summed E-state index contributed by atoms with van der Waals surface area (Å²) in [5, 5.41) is 9.21. The Kier molecular flexibility index (Phi) is 8.27. The molecule has 5 N–H and O–H groups in total. The van der Waals surface area contributed by atoms with Crippen molar-refractivity contribution in [3.8, 4) is 11.5 Å². The van der Waals surface area contributed by atoms with Gasteiger partial charge in [0.05, 0.1) is 14.2 Å². The summed E-state index contributed by atoms with van der Waals surface area (Å²) in [4.78, 5) is 33.4. The molecule has 0 spiro atoms. The number of fused-ring (bicyclic) bond motifs is 1. The van der Waals surface area contributed by atoms with Crippen molar-refractivity contribution in [1.29, 1.82) is 0 Å². The van der Waals surface area contributed by atoms with E-state index in [-0.39, 0.29) is 11.4 Å². The van der Waals surface area contributed by atoms with E-state index in [0.717, 1.165) is 11.1 Å². The number of hydrogen-bond acceptors (Lipinski definition) is 9. The van der Waals surface area contributed by atoms with Crippen molar-refractivity contribution in [2.75, 3.05) is 24.9 Å². The summed E-state index contributed by atoms with van der Waals surface area (Å²) >= 11 is 0. The number of anilines is 3. The predicted molar refractivity (Wildman–Crippen MR) is 151 cm³/mol. The standard InChI is InChI=1S/C28H33N7O5/c1-28(2,3)40-27(37)32-16-18-8-6-17(7-9-18)15-31-26-34-24(22(23(29)36)25-30-10-11-35(25)26)33-19-12-20(38-4)14-21(13-19)39-5/h6-14,33H,15-16H2,1-5H3,(H2,29,36)(H,31,34)(H,32,37). The summed E-state index contributed by atoms with van der Waals surface area (Å²) in [5.41, 5.74) is 8.16. The smallest absolute Gasteiger partial charge is 0.407 e. The number of hydrogen-bond donors (Lipinski definition) is 4. The first-order valence-corrected chi connectivity index (χ1v) is 12.5. The van der Waals surface area contributed by atoms with E-state index in [2.05, 4.69) is 25.9 Å². The third-order valence-electron chi connectivity index (χ3n) is 5.72. The van der Waals surface area contributed by atoms with Crippen LogP contribution in [-0.2, 0) is 17.8 Å². The molecule has 0 aliphatic rings. The van der Waals surface area contributed by atoms with Crippen molar-refractivity contribution < 1.29 is 23.8 Å². The van der Waals surface area contributed by atoms with Gasteiger partial charge in [-0.05, 0) is 31.9 Å². The highest BCUT2D eigenvalue weighted by Gasteiger charge is 2.20. The zero-order chi connectivity index (χ0) is 28.9. The van der Waals surface area contributed by atoms with Crippen LogP contribution in [0.1, 0.15) is 42.3 Å². The van der Waals surface area contributed by atoms with E-state index >= 15 is 0 Å². The number of primary amides is 1. The van der Waals surface area contributed by atoms with E-state index in [1.165, 1.54) is 0 Å². The monoisotopic (exact) mass is 547 g/mol. The molecule has 2 aromatic carbocycles. The number of ether oxygens (including phenoxy) is 3. The second-order valence-corrected chi connectivity index (χ2v) is 9.90. The Balaban J connectivity index is 1.53. The van der Waals surface area contributed by atoms with Crippen LogP contribution in [-0.4, -0.2) is 46.2 Å². The molecule has 0 fully saturated rings. The van der Waals surface area contributed by atoms with E-state index in [1.807, 2.05) is 45.0 Å². The Labute approximate surface area is 231 Å². The molecule has 40 heavy (non-hydrogen) atoms. The number of aromatic nitrogens is 3. The fraction of sp³-hybridized carbons (Fsp3) is 0.286. The minimum absolute atomic E-state index is 0.138. The second-order valence-electron chi connectivity index (χ2n) is 9.90. The average Bonchev–Trinajstić information content (AvgIpc) is 3.39. The van der Waals surface area contributed by atoms with E-state index in [9.17, 15) is 9.59 Å². The molecule has 0 saturated carbocycles. The van der Waals surface area contributed by atoms with Gasteiger partial charge in [0.25, 0.3) is 5.91 Å². The number of rotatable bonds is 10. The highest BCUT2D eigenvalue weighted by Crippen LogP contribution is 2.30. The van der Waals surface area contributed by atoms with Crippen LogP contribution in [0.15, 0.2) is 54.9 Å². The normalized spacial score (nSPS) is 11.1. The lowest BCUT2D eigenvalue weighted by Crippen LogP contribution is -2.32. The lowest BCUT2D eigenvalue weighted by Gasteiger charge is -2.19. The van der Waals surface area contributed by atoms with Crippen molar-refractivity contribution in [3.63, 3.8) is 0 Å². The van der Waals surface area contributed by atoms with Crippen molar-refractivity contribution in [2.24, 2.45) is 5.73 Å². The Bertz CT molecular complexity index is 1490. The number of nitrogens with two attached hydrogens (primary N) is 1. The largest absolute Gasteiger partial charge is 0.497 e. The lowest BCUT2D eigenvalue weighted by molar-refractivity contribution is 0.0523. The van der Waals surface area contributed by atoms with Crippen molar-refractivity contribution in [1.82, 2.24) is 19.7 Å². The first-order chi connectivity index (χ1) is 19.1. The van der Waals surface area contributed by atoms with Gasteiger partial charge in [0.15, 0.2) is 11.5 Å². The van der Waals surface area contributed by atoms with E-state index in [0.29, 0.717) is 41.9 Å². The van der Waals surface area contributed by atoms with E-state index in [1.54, 1.807) is 49.2 Å². The molecule has 0 bridgehead atoms. The van der Waals surface area contributed by atoms with Crippen LogP contribution in [0.5, 0.6) is 11.5 Å². The van der Waals surface area contributed by atoms with E-state index < -0.39 is 17.6 Å². The summed E-state index contributed by atoms with van der Waals surface area (Å²) in [5.74, 6) is 1.13. The third-order valence-corrected chi connectivity index (χ3v) is 5.72. The van der Waals surface area contributed by atoms with Gasteiger partial charge in [0.1, 0.15) is 22.7 Å². The molecule has 0 radical (unpaired) electrons.